The molecule has 4 rings (SSSR count). The molecule has 1 N–H and O–H groups in total. The Balaban J connectivity index is 1.51. The molecular formula is C22H20ClF2N3O4. The number of hydrogen-bond acceptors (Lipinski definition) is 4. The van der Waals surface area contributed by atoms with Crippen LogP contribution in [0.15, 0.2) is 36.4 Å². The van der Waals surface area contributed by atoms with Crippen LogP contribution in [-0.4, -0.2) is 48.4 Å². The van der Waals surface area contributed by atoms with Gasteiger partial charge in [0, 0.05) is 23.3 Å². The highest BCUT2D eigenvalue weighted by molar-refractivity contribution is 6.31. The smallest absolute Gasteiger partial charge is 0.265 e. The molecule has 0 aromatic heterocycles. The van der Waals surface area contributed by atoms with Gasteiger partial charge in [-0.15, -0.1) is 0 Å². The standard InChI is InChI=1S/C22H20ClF2N3O4/c23-13-4-5-19-18(7-13)28(21(30)12-32-19)11-20(29)27-6-2-1-3-17(27)22(31)26-16-9-14(24)8-15(25)10-16/h4-5,7-10,17H,1-3,6,11-12H2,(H,26,31). The summed E-state index contributed by atoms with van der Waals surface area (Å²) >= 11 is 6.04. The number of carbonyl (C=O) groups is 3. The number of nitrogens with one attached hydrogen (secondary N) is 1. The van der Waals surface area contributed by atoms with E-state index >= 15 is 0 Å². The molecule has 0 radical (unpaired) electrons. The summed E-state index contributed by atoms with van der Waals surface area (Å²) in [4.78, 5) is 41.1. The van der Waals surface area contributed by atoms with Gasteiger partial charge in [-0.05, 0) is 49.6 Å². The lowest BCUT2D eigenvalue weighted by atomic mass is 10.0. The summed E-state index contributed by atoms with van der Waals surface area (Å²) in [5, 5.41) is 2.87. The first-order chi connectivity index (χ1) is 15.3. The number of carbonyl (C=O) groups excluding carboxylic acids is 3. The molecule has 2 heterocycles. The zero-order valence-corrected chi connectivity index (χ0v) is 17.7. The van der Waals surface area contributed by atoms with Crippen LogP contribution in [0.25, 0.3) is 0 Å². The quantitative estimate of drug-likeness (QED) is 0.754. The number of piperidine rings is 1. The molecule has 1 saturated heterocycles. The predicted octanol–water partition coefficient (Wildman–Crippen LogP) is 3.36. The number of hydrogen-bond donors (Lipinski definition) is 1. The van der Waals surface area contributed by atoms with Gasteiger partial charge in [0.05, 0.1) is 5.69 Å². The zero-order valence-electron chi connectivity index (χ0n) is 16.9. The Morgan fingerprint density at radius 1 is 1.12 bits per heavy atom. The first kappa shape index (κ1) is 22.0. The monoisotopic (exact) mass is 463 g/mol. The van der Waals surface area contributed by atoms with Crippen LogP contribution in [0.3, 0.4) is 0 Å². The van der Waals surface area contributed by atoms with Gasteiger partial charge in [0.25, 0.3) is 5.91 Å². The molecule has 0 spiro atoms. The first-order valence-electron chi connectivity index (χ1n) is 10.1. The van der Waals surface area contributed by atoms with Crippen molar-refractivity contribution < 1.29 is 27.9 Å². The van der Waals surface area contributed by atoms with Gasteiger partial charge in [0.1, 0.15) is 30.0 Å². The Bertz CT molecular complexity index is 1060. The molecule has 32 heavy (non-hydrogen) atoms. The Kier molecular flexibility index (Phi) is 6.27. The molecule has 2 aromatic rings. The molecular weight excluding hydrogens is 444 g/mol. The Morgan fingerprint density at radius 3 is 2.62 bits per heavy atom. The summed E-state index contributed by atoms with van der Waals surface area (Å²) in [5.41, 5.74) is 0.354. The molecule has 7 nitrogen and oxygen atoms in total. The number of rotatable bonds is 4. The maximum absolute atomic E-state index is 13.5. The number of nitrogens with zero attached hydrogens (tertiary/aromatic N) is 2. The van der Waals surface area contributed by atoms with E-state index in [0.717, 1.165) is 12.1 Å². The number of benzene rings is 2. The van der Waals surface area contributed by atoms with Crippen molar-refractivity contribution in [3.05, 3.63) is 53.1 Å². The number of amides is 3. The third kappa shape index (κ3) is 4.67. The Labute approximate surface area is 187 Å². The van der Waals surface area contributed by atoms with E-state index in [4.69, 9.17) is 16.3 Å². The van der Waals surface area contributed by atoms with Crippen LogP contribution >= 0.6 is 11.6 Å². The molecule has 2 aromatic carbocycles. The van der Waals surface area contributed by atoms with Gasteiger partial charge in [-0.2, -0.15) is 0 Å². The van der Waals surface area contributed by atoms with Gasteiger partial charge >= 0.3 is 0 Å². The van der Waals surface area contributed by atoms with E-state index in [1.54, 1.807) is 18.2 Å². The first-order valence-corrected chi connectivity index (χ1v) is 10.5. The van der Waals surface area contributed by atoms with Gasteiger partial charge in [-0.3, -0.25) is 19.3 Å². The van der Waals surface area contributed by atoms with Crippen LogP contribution in [0.5, 0.6) is 5.75 Å². The van der Waals surface area contributed by atoms with E-state index in [1.807, 2.05) is 0 Å². The molecule has 2 aliphatic heterocycles. The van der Waals surface area contributed by atoms with Gasteiger partial charge in [0.15, 0.2) is 6.61 Å². The maximum atomic E-state index is 13.5. The van der Waals surface area contributed by atoms with Crippen LogP contribution < -0.4 is 15.0 Å². The third-order valence-electron chi connectivity index (χ3n) is 5.41. The maximum Gasteiger partial charge on any atom is 0.265 e. The fraction of sp³-hybridized carbons (Fsp3) is 0.318. The molecule has 2 aliphatic rings. The average Bonchev–Trinajstić information content (AvgIpc) is 2.75. The summed E-state index contributed by atoms with van der Waals surface area (Å²) in [6.45, 7) is -0.166. The third-order valence-corrected chi connectivity index (χ3v) is 5.65. The second kappa shape index (κ2) is 9.12. The van der Waals surface area contributed by atoms with Crippen LogP contribution in [0.4, 0.5) is 20.2 Å². The molecule has 3 amide bonds. The summed E-state index contributed by atoms with van der Waals surface area (Å²) in [6.07, 6.45) is 1.81. The van der Waals surface area contributed by atoms with E-state index < -0.39 is 35.4 Å². The van der Waals surface area contributed by atoms with E-state index in [0.29, 0.717) is 48.3 Å². The molecule has 168 valence electrons. The lowest BCUT2D eigenvalue weighted by Gasteiger charge is -2.37. The largest absolute Gasteiger partial charge is 0.482 e. The van der Waals surface area contributed by atoms with Crippen LogP contribution in [-0.2, 0) is 14.4 Å². The van der Waals surface area contributed by atoms with E-state index in [9.17, 15) is 23.2 Å². The number of halogens is 3. The number of likely N-dealkylation sites (tertiary alicyclic amines) is 1. The van der Waals surface area contributed by atoms with Gasteiger partial charge in [-0.1, -0.05) is 11.6 Å². The summed E-state index contributed by atoms with van der Waals surface area (Å²) < 4.78 is 32.3. The van der Waals surface area contributed by atoms with Crippen molar-refractivity contribution in [1.29, 1.82) is 0 Å². The van der Waals surface area contributed by atoms with E-state index in [2.05, 4.69) is 5.32 Å². The minimum Gasteiger partial charge on any atom is -0.482 e. The lowest BCUT2D eigenvalue weighted by Crippen LogP contribution is -2.54. The molecule has 1 unspecified atom stereocenters. The molecule has 0 aliphatic carbocycles. The number of ether oxygens (including phenoxy) is 1. The molecule has 0 saturated carbocycles. The summed E-state index contributed by atoms with van der Waals surface area (Å²) in [7, 11) is 0. The fourth-order valence-corrected chi connectivity index (χ4v) is 4.10. The summed E-state index contributed by atoms with van der Waals surface area (Å²) in [5.74, 6) is -2.57. The van der Waals surface area contributed by atoms with Crippen molar-refractivity contribution in [2.45, 2.75) is 25.3 Å². The van der Waals surface area contributed by atoms with Crippen molar-refractivity contribution in [3.8, 4) is 5.75 Å². The van der Waals surface area contributed by atoms with E-state index in [1.165, 1.54) is 9.80 Å². The molecule has 0 bridgehead atoms. The van der Waals surface area contributed by atoms with Gasteiger partial charge < -0.3 is 15.0 Å². The topological polar surface area (TPSA) is 79.0 Å². The number of fused-ring (bicyclic) bond motifs is 1. The summed E-state index contributed by atoms with van der Waals surface area (Å²) in [6, 6.07) is 6.67. The normalized spacial score (nSPS) is 18.1. The minimum atomic E-state index is -0.822. The van der Waals surface area contributed by atoms with Gasteiger partial charge in [-0.25, -0.2) is 8.78 Å². The van der Waals surface area contributed by atoms with Crippen LogP contribution in [0.1, 0.15) is 19.3 Å². The van der Waals surface area contributed by atoms with Crippen molar-refractivity contribution in [3.63, 3.8) is 0 Å². The lowest BCUT2D eigenvalue weighted by molar-refractivity contribution is -0.140. The Hall–Kier alpha value is -3.20. The Morgan fingerprint density at radius 2 is 1.88 bits per heavy atom. The minimum absolute atomic E-state index is 0.0302. The predicted molar refractivity (Wildman–Crippen MR) is 114 cm³/mol. The molecule has 1 atom stereocenters. The van der Waals surface area contributed by atoms with Crippen molar-refractivity contribution in [2.24, 2.45) is 0 Å². The molecule has 1 fully saturated rings. The second-order valence-electron chi connectivity index (χ2n) is 7.63. The van der Waals surface area contributed by atoms with Crippen molar-refractivity contribution in [2.75, 3.05) is 29.9 Å². The second-order valence-corrected chi connectivity index (χ2v) is 8.06. The van der Waals surface area contributed by atoms with E-state index in [-0.39, 0.29) is 18.8 Å². The fourth-order valence-electron chi connectivity index (χ4n) is 3.93. The average molecular weight is 464 g/mol. The number of anilines is 2. The highest BCUT2D eigenvalue weighted by Gasteiger charge is 2.35. The van der Waals surface area contributed by atoms with Crippen molar-refractivity contribution in [1.82, 2.24) is 4.90 Å². The highest BCUT2D eigenvalue weighted by Crippen LogP contribution is 2.34. The van der Waals surface area contributed by atoms with Crippen LogP contribution in [0, 0.1) is 11.6 Å². The molecule has 10 heteroatoms. The van der Waals surface area contributed by atoms with Crippen molar-refractivity contribution >= 4 is 40.7 Å². The SMILES string of the molecule is O=C(Nc1cc(F)cc(F)c1)C1CCCCN1C(=O)CN1C(=O)COc2ccc(Cl)cc21. The highest BCUT2D eigenvalue weighted by atomic mass is 35.5. The van der Waals surface area contributed by atoms with Crippen LogP contribution in [0.2, 0.25) is 5.02 Å². The zero-order chi connectivity index (χ0) is 22.8. The van der Waals surface area contributed by atoms with Gasteiger partial charge in [0.2, 0.25) is 11.8 Å².